The van der Waals surface area contributed by atoms with Gasteiger partial charge < -0.3 is 39.6 Å². The van der Waals surface area contributed by atoms with Crippen LogP contribution in [0.1, 0.15) is 387 Å². The predicted octanol–water partition coefficient (Wildman–Crippen LogP) is 19.1. The number of carboxylic acids is 4. The van der Waals surface area contributed by atoms with Gasteiger partial charge in [-0.2, -0.15) is 0 Å². The second-order valence-corrected chi connectivity index (χ2v) is 22.8. The first kappa shape index (κ1) is 91.0. The molecule has 0 bridgehead atoms. The second-order valence-electron chi connectivity index (χ2n) is 22.8. The van der Waals surface area contributed by atoms with Crippen LogP contribution >= 0.6 is 0 Å². The minimum absolute atomic E-state index is 0. The third-order valence-corrected chi connectivity index (χ3v) is 14.6. The molecule has 0 aliphatic carbocycles. The molecule has 486 valence electrons. The average molecular weight is 1240 g/mol. The second kappa shape index (κ2) is 87.6. The molecule has 0 N–H and O–H groups in total. The summed E-state index contributed by atoms with van der Waals surface area (Å²) in [5, 5.41) is 40.9. The Morgan fingerprint density at radius 1 is 0.207 bits per heavy atom. The number of allylic oxidation sites excluding steroid dienone is 8. The van der Waals surface area contributed by atoms with Crippen molar-refractivity contribution in [3.05, 3.63) is 48.6 Å². The van der Waals surface area contributed by atoms with Gasteiger partial charge in [-0.3, -0.25) is 0 Å². The molecular weight excluding hydrogens is 1110 g/mol. The maximum Gasteiger partial charge on any atom is 2.00 e. The van der Waals surface area contributed by atoms with Crippen LogP contribution in [0.2, 0.25) is 0 Å². The van der Waals surface area contributed by atoms with Gasteiger partial charge in [-0.05, 0) is 154 Å². The van der Waals surface area contributed by atoms with Gasteiger partial charge in [0.25, 0.3) is 0 Å². The minimum Gasteiger partial charge on any atom is -0.550 e. The van der Waals surface area contributed by atoms with Crippen molar-refractivity contribution < 1.29 is 73.2 Å². The van der Waals surface area contributed by atoms with Crippen LogP contribution in [0.25, 0.3) is 0 Å². The van der Waals surface area contributed by atoms with Crippen LogP contribution in [0.5, 0.6) is 0 Å². The third-order valence-electron chi connectivity index (χ3n) is 14.6. The van der Waals surface area contributed by atoms with Crippen LogP contribution in [0, 0.1) is 0 Å². The number of carbonyl (C=O) groups excluding carboxylic acids is 4. The molecule has 0 saturated carbocycles. The van der Waals surface area contributed by atoms with Crippen molar-refractivity contribution in [3.63, 3.8) is 0 Å². The Kier molecular flexibility index (Phi) is 97.3. The molecule has 0 radical (unpaired) electrons. The van der Waals surface area contributed by atoms with Crippen LogP contribution in [-0.4, -0.2) is 23.9 Å². The molecule has 0 amide bonds. The molecule has 0 spiro atoms. The van der Waals surface area contributed by atoms with Crippen LogP contribution in [0.3, 0.4) is 0 Å². The summed E-state index contributed by atoms with van der Waals surface area (Å²) in [5.74, 6) is -3.66. The van der Waals surface area contributed by atoms with E-state index in [0.29, 0.717) is 0 Å². The van der Waals surface area contributed by atoms with E-state index in [9.17, 15) is 39.6 Å². The molecule has 0 heterocycles. The standard InChI is InChI=1S/4C18H34O2.Fe.Ni/c4*1-2-3-4-5-6-7-8-9-10-11-12-13-14-15-16-17-18(19)20;;/h4*9-10H,2-8,11-17H2,1H3,(H,19,20);;/q;;;;2*+2/p-4/b4*10-9-;;. The first-order chi connectivity index (χ1) is 39.1. The molecule has 0 fully saturated rings. The third kappa shape index (κ3) is 106. The zero-order valence-corrected chi connectivity index (χ0v) is 56.2. The van der Waals surface area contributed by atoms with E-state index < -0.39 is 23.9 Å². The van der Waals surface area contributed by atoms with E-state index in [1.54, 1.807) is 0 Å². The number of hydrogen-bond donors (Lipinski definition) is 0. The van der Waals surface area contributed by atoms with E-state index in [-0.39, 0.29) is 59.2 Å². The fourth-order valence-electron chi connectivity index (χ4n) is 9.36. The first-order valence-electron chi connectivity index (χ1n) is 34.5. The molecule has 0 rings (SSSR count). The van der Waals surface area contributed by atoms with Crippen molar-refractivity contribution >= 4 is 23.9 Å². The number of unbranched alkanes of at least 4 members (excludes halogenated alkanes) is 44. The normalized spacial score (nSPS) is 11.0. The van der Waals surface area contributed by atoms with Crippen molar-refractivity contribution in [2.24, 2.45) is 0 Å². The Balaban J connectivity index is -0.000000233. The summed E-state index contributed by atoms with van der Waals surface area (Å²) < 4.78 is 0. The van der Waals surface area contributed by atoms with Crippen molar-refractivity contribution in [1.82, 2.24) is 0 Å². The van der Waals surface area contributed by atoms with E-state index in [2.05, 4.69) is 76.3 Å². The van der Waals surface area contributed by atoms with Gasteiger partial charge in [0.15, 0.2) is 0 Å². The Hall–Kier alpha value is -2.15. The molecule has 0 aromatic heterocycles. The van der Waals surface area contributed by atoms with Gasteiger partial charge in [0.1, 0.15) is 0 Å². The Labute approximate surface area is 529 Å². The van der Waals surface area contributed by atoms with Gasteiger partial charge in [-0.15, -0.1) is 0 Å². The van der Waals surface area contributed by atoms with Crippen LogP contribution in [0.15, 0.2) is 48.6 Å². The summed E-state index contributed by atoms with van der Waals surface area (Å²) in [6, 6.07) is 0. The summed E-state index contributed by atoms with van der Waals surface area (Å²) in [6.45, 7) is 9.02. The molecule has 0 aliphatic rings. The molecule has 0 aromatic rings. The zero-order chi connectivity index (χ0) is 59.6. The smallest absolute Gasteiger partial charge is 0.550 e. The number of hydrogen-bond acceptors (Lipinski definition) is 8. The van der Waals surface area contributed by atoms with Crippen LogP contribution < -0.4 is 20.4 Å². The molecule has 0 aliphatic heterocycles. The molecule has 0 atom stereocenters. The van der Waals surface area contributed by atoms with Gasteiger partial charge in [-0.1, -0.05) is 282 Å². The fourth-order valence-corrected chi connectivity index (χ4v) is 9.36. The maximum atomic E-state index is 10.2. The molecule has 10 heteroatoms. The van der Waals surface area contributed by atoms with Crippen molar-refractivity contribution in [3.8, 4) is 0 Å². The summed E-state index contributed by atoms with van der Waals surface area (Å²) >= 11 is 0. The first-order valence-corrected chi connectivity index (χ1v) is 34.5. The van der Waals surface area contributed by atoms with Gasteiger partial charge in [-0.25, -0.2) is 0 Å². The van der Waals surface area contributed by atoms with E-state index >= 15 is 0 Å². The molecule has 82 heavy (non-hydrogen) atoms. The number of rotatable bonds is 60. The number of carbonyl (C=O) groups is 4. The Morgan fingerprint density at radius 2 is 0.317 bits per heavy atom. The molecule has 0 unspecified atom stereocenters. The van der Waals surface area contributed by atoms with Crippen LogP contribution in [-0.2, 0) is 52.7 Å². The molecule has 8 nitrogen and oxygen atoms in total. The van der Waals surface area contributed by atoms with E-state index in [4.69, 9.17) is 0 Å². The fraction of sp³-hybridized carbons (Fsp3) is 0.833. The summed E-state index contributed by atoms with van der Waals surface area (Å²) in [5.41, 5.74) is 0. The zero-order valence-electron chi connectivity index (χ0n) is 54.2. The molecular formula is C72H132FeNiO8. The van der Waals surface area contributed by atoms with E-state index in [1.165, 1.54) is 257 Å². The SMILES string of the molecule is CCCCCCCC/C=C\CCCCCCCC(=O)[O-].CCCCCCCC/C=C\CCCCCCCC(=O)[O-].CCCCCCCC/C=C\CCCCCCCC(=O)[O-].CCCCCCCC/C=C\CCCCCCCC(=O)[O-].[Fe+2].[Ni+2]. The van der Waals surface area contributed by atoms with Crippen molar-refractivity contribution in [2.45, 2.75) is 387 Å². The van der Waals surface area contributed by atoms with Gasteiger partial charge >= 0.3 is 33.6 Å². The number of carboxylic acid groups (broad SMARTS) is 4. The summed E-state index contributed by atoms with van der Waals surface area (Å²) in [6.07, 6.45) is 83.6. The van der Waals surface area contributed by atoms with Crippen molar-refractivity contribution in [1.29, 1.82) is 0 Å². The van der Waals surface area contributed by atoms with E-state index in [1.807, 2.05) is 0 Å². The van der Waals surface area contributed by atoms with Gasteiger partial charge in [0, 0.05) is 23.9 Å². The largest absolute Gasteiger partial charge is 2.00 e. The monoisotopic (exact) mass is 1240 g/mol. The molecule has 0 saturated heterocycles. The quantitative estimate of drug-likeness (QED) is 0.0330. The number of aliphatic carboxylic acids is 4. The Morgan fingerprint density at radius 3 is 0.439 bits per heavy atom. The summed E-state index contributed by atoms with van der Waals surface area (Å²) in [7, 11) is 0. The van der Waals surface area contributed by atoms with Gasteiger partial charge in [0.05, 0.1) is 0 Å². The topological polar surface area (TPSA) is 161 Å². The van der Waals surface area contributed by atoms with Crippen LogP contribution in [0.4, 0.5) is 0 Å². The van der Waals surface area contributed by atoms with Crippen molar-refractivity contribution in [2.75, 3.05) is 0 Å². The van der Waals surface area contributed by atoms with Gasteiger partial charge in [0.2, 0.25) is 0 Å². The molecule has 0 aromatic carbocycles. The maximum absolute atomic E-state index is 10.2. The predicted molar refractivity (Wildman–Crippen MR) is 338 cm³/mol. The Bertz CT molecular complexity index is 1150. The minimum atomic E-state index is -0.914. The summed E-state index contributed by atoms with van der Waals surface area (Å²) in [4.78, 5) is 40.9. The van der Waals surface area contributed by atoms with E-state index in [0.717, 1.165) is 77.0 Å². The average Bonchev–Trinajstić information content (AvgIpc) is 3.43.